The summed E-state index contributed by atoms with van der Waals surface area (Å²) in [4.78, 5) is 0. The van der Waals surface area contributed by atoms with E-state index in [1.165, 1.54) is 38.3 Å². The summed E-state index contributed by atoms with van der Waals surface area (Å²) in [5.74, 6) is 0. The van der Waals surface area contributed by atoms with Crippen molar-refractivity contribution >= 4 is 50.7 Å². The maximum absolute atomic E-state index is 2.30. The molecule has 0 radical (unpaired) electrons. The van der Waals surface area contributed by atoms with Gasteiger partial charge in [0.15, 0.2) is 0 Å². The molecule has 0 aliphatic rings. The van der Waals surface area contributed by atoms with E-state index >= 15 is 0 Å². The molecule has 15 heavy (non-hydrogen) atoms. The molecule has 2 rings (SSSR count). The van der Waals surface area contributed by atoms with Crippen molar-refractivity contribution in [2.45, 2.75) is 13.8 Å². The lowest BCUT2D eigenvalue weighted by Gasteiger charge is -2.14. The Balaban J connectivity index is 3.00. The zero-order valence-electron chi connectivity index (χ0n) is 10.2. The van der Waals surface area contributed by atoms with E-state index in [-0.39, 0.29) is 0 Å². The fourth-order valence-corrected chi connectivity index (χ4v) is 2.28. The number of hydrogen-bond donors (Lipinski definition) is 0. The molecule has 0 fully saturated rings. The molecule has 0 bridgehead atoms. The molecule has 0 aliphatic carbocycles. The van der Waals surface area contributed by atoms with Crippen molar-refractivity contribution < 1.29 is 0 Å². The van der Waals surface area contributed by atoms with E-state index in [2.05, 4.69) is 55.6 Å². The van der Waals surface area contributed by atoms with Crippen LogP contribution in [0, 0.1) is 13.8 Å². The summed E-state index contributed by atoms with van der Waals surface area (Å²) in [5.41, 5.74) is 7.06. The Kier molecular flexibility index (Phi) is 2.42. The highest BCUT2D eigenvalue weighted by Crippen LogP contribution is 2.11. The first-order valence-electron chi connectivity index (χ1n) is 5.49. The molecule has 3 heteroatoms. The Hall–Kier alpha value is -1.11. The molecule has 0 N–H and O–H groups in total. The van der Waals surface area contributed by atoms with Crippen molar-refractivity contribution in [2.75, 3.05) is 0 Å². The van der Waals surface area contributed by atoms with Gasteiger partial charge in [0.1, 0.15) is 23.5 Å². The lowest BCUT2D eigenvalue weighted by Crippen LogP contribution is -2.32. The van der Waals surface area contributed by atoms with Crippen molar-refractivity contribution in [1.82, 2.24) is 0 Å². The van der Waals surface area contributed by atoms with E-state index in [1.54, 1.807) is 0 Å². The van der Waals surface area contributed by atoms with Crippen LogP contribution < -0.4 is 16.4 Å². The number of fused-ring (bicyclic) bond motifs is 1. The van der Waals surface area contributed by atoms with Crippen LogP contribution in [0.2, 0.25) is 0 Å². The van der Waals surface area contributed by atoms with Gasteiger partial charge in [-0.15, -0.1) is 0 Å². The summed E-state index contributed by atoms with van der Waals surface area (Å²) in [5, 5.41) is 2.82. The highest BCUT2D eigenvalue weighted by molar-refractivity contribution is 6.56. The predicted octanol–water partition coefficient (Wildman–Crippen LogP) is -1.77. The molecule has 2 aromatic rings. The number of benzene rings is 2. The molecule has 0 heterocycles. The molecule has 0 aromatic heterocycles. The fraction of sp³-hybridized carbons (Fsp3) is 0.167. The van der Waals surface area contributed by atoms with Crippen LogP contribution in [-0.4, -0.2) is 23.5 Å². The van der Waals surface area contributed by atoms with Crippen LogP contribution in [0.3, 0.4) is 0 Å². The van der Waals surface area contributed by atoms with Crippen LogP contribution in [0.5, 0.6) is 0 Å². The topological polar surface area (TPSA) is 0 Å². The van der Waals surface area contributed by atoms with Gasteiger partial charge in [-0.3, -0.25) is 0 Å². The third kappa shape index (κ3) is 1.50. The smallest absolute Gasteiger partial charge is 0.0917 e. The Morgan fingerprint density at radius 3 is 2.13 bits per heavy atom. The predicted molar refractivity (Wildman–Crippen MR) is 78.0 cm³/mol. The van der Waals surface area contributed by atoms with Gasteiger partial charge in [-0.1, -0.05) is 45.7 Å². The van der Waals surface area contributed by atoms with Gasteiger partial charge >= 0.3 is 0 Å². The summed E-state index contributed by atoms with van der Waals surface area (Å²) in [6.45, 7) is 4.38. The highest BCUT2D eigenvalue weighted by Gasteiger charge is 2.06. The second-order valence-corrected chi connectivity index (χ2v) is 4.55. The maximum Gasteiger partial charge on any atom is 0.140 e. The standard InChI is InChI=1S/C12H15B3/c1-6-3-4-8-5-7(2)11(14)12(15)9(8)10(6)13/h3-5H,13-15H2,1-2H3. The summed E-state index contributed by atoms with van der Waals surface area (Å²) >= 11 is 0. The second kappa shape index (κ2) is 3.48. The molecule has 0 saturated carbocycles. The molecule has 0 saturated heterocycles. The maximum atomic E-state index is 2.30. The van der Waals surface area contributed by atoms with E-state index in [1.807, 2.05) is 0 Å². The van der Waals surface area contributed by atoms with Gasteiger partial charge in [0.05, 0.1) is 0 Å². The van der Waals surface area contributed by atoms with Crippen LogP contribution in [0.1, 0.15) is 11.1 Å². The first-order chi connectivity index (χ1) is 7.02. The first-order valence-corrected chi connectivity index (χ1v) is 5.49. The molecule has 0 unspecified atom stereocenters. The van der Waals surface area contributed by atoms with E-state index in [4.69, 9.17) is 0 Å². The molecule has 0 atom stereocenters. The zero-order chi connectivity index (χ0) is 11.2. The summed E-state index contributed by atoms with van der Waals surface area (Å²) in [7, 11) is 6.67. The lowest BCUT2D eigenvalue weighted by atomic mass is 9.71. The van der Waals surface area contributed by atoms with Gasteiger partial charge in [0.25, 0.3) is 0 Å². The van der Waals surface area contributed by atoms with Gasteiger partial charge in [-0.25, -0.2) is 0 Å². The second-order valence-electron chi connectivity index (χ2n) is 4.55. The molecule has 2 aromatic carbocycles. The summed E-state index contributed by atoms with van der Waals surface area (Å²) < 4.78 is 0. The van der Waals surface area contributed by atoms with E-state index in [0.717, 1.165) is 0 Å². The summed E-state index contributed by atoms with van der Waals surface area (Å²) in [6.07, 6.45) is 0. The largest absolute Gasteiger partial charge is 0.140 e. The Bertz CT molecular complexity index is 544. The van der Waals surface area contributed by atoms with Gasteiger partial charge < -0.3 is 0 Å². The fourth-order valence-electron chi connectivity index (χ4n) is 2.28. The van der Waals surface area contributed by atoms with Crippen LogP contribution in [-0.2, 0) is 0 Å². The highest BCUT2D eigenvalue weighted by atomic mass is 14.1. The molecule has 0 amide bonds. The number of rotatable bonds is 0. The monoisotopic (exact) mass is 192 g/mol. The third-order valence-electron chi connectivity index (χ3n) is 3.67. The normalized spacial score (nSPS) is 10.8. The van der Waals surface area contributed by atoms with Gasteiger partial charge in [0.2, 0.25) is 0 Å². The van der Waals surface area contributed by atoms with Crippen LogP contribution in [0.15, 0.2) is 18.2 Å². The molecular formula is C12H15B3. The minimum atomic E-state index is 1.37. The molecule has 0 aliphatic heterocycles. The van der Waals surface area contributed by atoms with Gasteiger partial charge in [-0.05, 0) is 24.6 Å². The molecule has 0 nitrogen and oxygen atoms in total. The van der Waals surface area contributed by atoms with Crippen LogP contribution in [0.25, 0.3) is 10.8 Å². The Morgan fingerprint density at radius 1 is 0.800 bits per heavy atom. The van der Waals surface area contributed by atoms with E-state index in [9.17, 15) is 0 Å². The SMILES string of the molecule is Bc1c(C)cc2ccc(C)c(B)c2c1B. The van der Waals surface area contributed by atoms with E-state index in [0.29, 0.717) is 0 Å². The van der Waals surface area contributed by atoms with Crippen molar-refractivity contribution in [3.63, 3.8) is 0 Å². The van der Waals surface area contributed by atoms with Crippen LogP contribution in [0.4, 0.5) is 0 Å². The number of aryl methyl sites for hydroxylation is 2. The van der Waals surface area contributed by atoms with Gasteiger partial charge in [-0.2, -0.15) is 0 Å². The molecule has 72 valence electrons. The third-order valence-corrected chi connectivity index (χ3v) is 3.67. The average molecular weight is 192 g/mol. The van der Waals surface area contributed by atoms with Crippen molar-refractivity contribution in [3.05, 3.63) is 29.3 Å². The average Bonchev–Trinajstić information content (AvgIpc) is 2.20. The number of hydrogen-bond acceptors (Lipinski definition) is 0. The minimum absolute atomic E-state index is 1.37. The molecular weight excluding hydrogens is 177 g/mol. The van der Waals surface area contributed by atoms with Crippen molar-refractivity contribution in [3.8, 4) is 0 Å². The Labute approximate surface area is 94.3 Å². The minimum Gasteiger partial charge on any atom is -0.0917 e. The van der Waals surface area contributed by atoms with Crippen LogP contribution >= 0.6 is 0 Å². The quantitative estimate of drug-likeness (QED) is 0.433. The van der Waals surface area contributed by atoms with Gasteiger partial charge in [0, 0.05) is 0 Å². The van der Waals surface area contributed by atoms with Crippen molar-refractivity contribution in [2.24, 2.45) is 0 Å². The lowest BCUT2D eigenvalue weighted by molar-refractivity contribution is 1.53. The van der Waals surface area contributed by atoms with Crippen molar-refractivity contribution in [1.29, 1.82) is 0 Å². The summed E-state index contributed by atoms with van der Waals surface area (Å²) in [6, 6.07) is 6.74. The molecule has 0 spiro atoms. The van der Waals surface area contributed by atoms with E-state index < -0.39 is 0 Å². The zero-order valence-corrected chi connectivity index (χ0v) is 10.2. The Morgan fingerprint density at radius 2 is 1.47 bits per heavy atom. The first kappa shape index (κ1) is 10.4.